The van der Waals surface area contributed by atoms with E-state index in [2.05, 4.69) is 19.2 Å². The molecule has 0 aromatic rings. The Kier molecular flexibility index (Phi) is 4.02. The zero-order chi connectivity index (χ0) is 8.97. The van der Waals surface area contributed by atoms with Gasteiger partial charge in [0.05, 0.1) is 0 Å². The van der Waals surface area contributed by atoms with Crippen LogP contribution in [0.1, 0.15) is 39.5 Å². The molecule has 1 saturated carbocycles. The van der Waals surface area contributed by atoms with Crippen molar-refractivity contribution in [2.75, 3.05) is 6.54 Å². The third-order valence-corrected chi connectivity index (χ3v) is 2.73. The van der Waals surface area contributed by atoms with E-state index in [1.54, 1.807) is 0 Å². The second-order valence-corrected chi connectivity index (χ2v) is 4.34. The number of nitrogens with one attached hydrogen (secondary N) is 1. The zero-order valence-corrected chi connectivity index (χ0v) is 8.34. The van der Waals surface area contributed by atoms with Crippen molar-refractivity contribution in [2.45, 2.75) is 51.6 Å². The molecule has 0 amide bonds. The highest BCUT2D eigenvalue weighted by atomic mass is 14.9. The quantitative estimate of drug-likeness (QED) is 0.671. The van der Waals surface area contributed by atoms with E-state index in [1.165, 1.54) is 19.3 Å². The summed E-state index contributed by atoms with van der Waals surface area (Å²) >= 11 is 0. The van der Waals surface area contributed by atoms with Gasteiger partial charge < -0.3 is 11.1 Å². The standard InChI is InChI=1S/C10H22N2/c1-8-3-4-10(7-8)12-6-5-9(2)11/h8-10,12H,3-7,11H2,1-2H3. The molecule has 0 spiro atoms. The van der Waals surface area contributed by atoms with Crippen LogP contribution in [0.15, 0.2) is 0 Å². The van der Waals surface area contributed by atoms with Crippen LogP contribution < -0.4 is 11.1 Å². The van der Waals surface area contributed by atoms with Gasteiger partial charge >= 0.3 is 0 Å². The van der Waals surface area contributed by atoms with Gasteiger partial charge in [0, 0.05) is 12.1 Å². The Balaban J connectivity index is 2.00. The maximum Gasteiger partial charge on any atom is 0.00697 e. The fourth-order valence-electron chi connectivity index (χ4n) is 1.91. The normalized spacial score (nSPS) is 32.2. The van der Waals surface area contributed by atoms with E-state index in [4.69, 9.17) is 5.73 Å². The number of nitrogens with two attached hydrogens (primary N) is 1. The predicted octanol–water partition coefficient (Wildman–Crippen LogP) is 1.50. The van der Waals surface area contributed by atoms with Crippen molar-refractivity contribution in [1.29, 1.82) is 0 Å². The van der Waals surface area contributed by atoms with E-state index in [9.17, 15) is 0 Å². The molecule has 1 fully saturated rings. The molecule has 0 aromatic heterocycles. The maximum atomic E-state index is 5.66. The molecule has 2 nitrogen and oxygen atoms in total. The first-order valence-electron chi connectivity index (χ1n) is 5.17. The molecule has 3 unspecified atom stereocenters. The molecular weight excluding hydrogens is 148 g/mol. The van der Waals surface area contributed by atoms with Crippen LogP contribution >= 0.6 is 0 Å². The largest absolute Gasteiger partial charge is 0.328 e. The van der Waals surface area contributed by atoms with Gasteiger partial charge in [-0.2, -0.15) is 0 Å². The lowest BCUT2D eigenvalue weighted by atomic mass is 10.1. The molecule has 0 aromatic carbocycles. The Bertz CT molecular complexity index is 123. The summed E-state index contributed by atoms with van der Waals surface area (Å²) in [5.74, 6) is 0.929. The first kappa shape index (κ1) is 10.0. The molecule has 1 aliphatic rings. The molecule has 3 N–H and O–H groups in total. The number of hydrogen-bond donors (Lipinski definition) is 2. The zero-order valence-electron chi connectivity index (χ0n) is 8.34. The summed E-state index contributed by atoms with van der Waals surface area (Å²) in [7, 11) is 0. The Labute approximate surface area is 75.9 Å². The molecule has 0 aliphatic heterocycles. The minimum atomic E-state index is 0.344. The minimum absolute atomic E-state index is 0.344. The summed E-state index contributed by atoms with van der Waals surface area (Å²) in [4.78, 5) is 0. The van der Waals surface area contributed by atoms with E-state index in [-0.39, 0.29) is 0 Å². The summed E-state index contributed by atoms with van der Waals surface area (Å²) in [6.45, 7) is 5.50. The molecule has 3 atom stereocenters. The Morgan fingerprint density at radius 3 is 2.75 bits per heavy atom. The molecule has 0 radical (unpaired) electrons. The molecular formula is C10H22N2. The molecule has 0 heterocycles. The molecule has 0 saturated heterocycles. The van der Waals surface area contributed by atoms with Gasteiger partial charge in [0.15, 0.2) is 0 Å². The predicted molar refractivity (Wildman–Crippen MR) is 53.1 cm³/mol. The lowest BCUT2D eigenvalue weighted by Gasteiger charge is -2.13. The van der Waals surface area contributed by atoms with Crippen LogP contribution in [-0.4, -0.2) is 18.6 Å². The van der Waals surface area contributed by atoms with Crippen LogP contribution in [0.25, 0.3) is 0 Å². The molecule has 72 valence electrons. The number of hydrogen-bond acceptors (Lipinski definition) is 2. The fourth-order valence-corrected chi connectivity index (χ4v) is 1.91. The van der Waals surface area contributed by atoms with E-state index in [0.29, 0.717) is 6.04 Å². The lowest BCUT2D eigenvalue weighted by molar-refractivity contribution is 0.482. The van der Waals surface area contributed by atoms with Gasteiger partial charge in [-0.15, -0.1) is 0 Å². The minimum Gasteiger partial charge on any atom is -0.328 e. The first-order chi connectivity index (χ1) is 5.68. The Hall–Kier alpha value is -0.0800. The van der Waals surface area contributed by atoms with Crippen molar-refractivity contribution in [3.63, 3.8) is 0 Å². The average Bonchev–Trinajstić information content (AvgIpc) is 2.35. The van der Waals surface area contributed by atoms with Gasteiger partial charge in [-0.3, -0.25) is 0 Å². The number of rotatable bonds is 4. The molecule has 0 bridgehead atoms. The van der Waals surface area contributed by atoms with Crippen LogP contribution in [0, 0.1) is 5.92 Å². The smallest absolute Gasteiger partial charge is 0.00697 e. The highest BCUT2D eigenvalue weighted by Gasteiger charge is 2.20. The van der Waals surface area contributed by atoms with Gasteiger partial charge in [0.1, 0.15) is 0 Å². The summed E-state index contributed by atoms with van der Waals surface area (Å²) in [6, 6.07) is 1.12. The van der Waals surface area contributed by atoms with Gasteiger partial charge in [-0.25, -0.2) is 0 Å². The first-order valence-corrected chi connectivity index (χ1v) is 5.17. The van der Waals surface area contributed by atoms with Crippen molar-refractivity contribution in [2.24, 2.45) is 11.7 Å². The van der Waals surface area contributed by atoms with Crippen molar-refractivity contribution < 1.29 is 0 Å². The van der Waals surface area contributed by atoms with E-state index < -0.39 is 0 Å². The summed E-state index contributed by atoms with van der Waals surface area (Å²) in [5, 5.41) is 3.56. The highest BCUT2D eigenvalue weighted by molar-refractivity contribution is 4.78. The molecule has 1 rings (SSSR count). The summed E-state index contributed by atoms with van der Waals surface area (Å²) in [6.07, 6.45) is 5.22. The van der Waals surface area contributed by atoms with Crippen LogP contribution in [0.3, 0.4) is 0 Å². The fraction of sp³-hybridized carbons (Fsp3) is 1.00. The maximum absolute atomic E-state index is 5.66. The van der Waals surface area contributed by atoms with Gasteiger partial charge in [0.25, 0.3) is 0 Å². The van der Waals surface area contributed by atoms with Gasteiger partial charge in [-0.1, -0.05) is 6.92 Å². The van der Waals surface area contributed by atoms with Crippen LogP contribution in [-0.2, 0) is 0 Å². The van der Waals surface area contributed by atoms with E-state index in [0.717, 1.165) is 24.9 Å². The second kappa shape index (κ2) is 4.83. The lowest BCUT2D eigenvalue weighted by Crippen LogP contribution is -2.30. The topological polar surface area (TPSA) is 38.0 Å². The second-order valence-electron chi connectivity index (χ2n) is 4.34. The van der Waals surface area contributed by atoms with Gasteiger partial charge in [0.2, 0.25) is 0 Å². The Morgan fingerprint density at radius 1 is 1.50 bits per heavy atom. The van der Waals surface area contributed by atoms with Crippen molar-refractivity contribution in [1.82, 2.24) is 5.32 Å². The third kappa shape index (κ3) is 3.55. The highest BCUT2D eigenvalue weighted by Crippen LogP contribution is 2.24. The third-order valence-electron chi connectivity index (χ3n) is 2.73. The molecule has 2 heteroatoms. The average molecular weight is 170 g/mol. The molecule has 12 heavy (non-hydrogen) atoms. The van der Waals surface area contributed by atoms with Crippen LogP contribution in [0.5, 0.6) is 0 Å². The summed E-state index contributed by atoms with van der Waals surface area (Å²) in [5.41, 5.74) is 5.66. The Morgan fingerprint density at radius 2 is 2.25 bits per heavy atom. The monoisotopic (exact) mass is 170 g/mol. The van der Waals surface area contributed by atoms with Crippen molar-refractivity contribution >= 4 is 0 Å². The summed E-state index contributed by atoms with van der Waals surface area (Å²) < 4.78 is 0. The SMILES string of the molecule is CC(N)CCNC1CCC(C)C1. The molecule has 1 aliphatic carbocycles. The van der Waals surface area contributed by atoms with Gasteiger partial charge in [-0.05, 0) is 45.1 Å². The van der Waals surface area contributed by atoms with Crippen LogP contribution in [0.2, 0.25) is 0 Å². The van der Waals surface area contributed by atoms with Crippen LogP contribution in [0.4, 0.5) is 0 Å². The van der Waals surface area contributed by atoms with Crippen molar-refractivity contribution in [3.05, 3.63) is 0 Å². The van der Waals surface area contributed by atoms with E-state index in [1.807, 2.05) is 0 Å². The van der Waals surface area contributed by atoms with E-state index >= 15 is 0 Å². The van der Waals surface area contributed by atoms with Crippen molar-refractivity contribution in [3.8, 4) is 0 Å².